The Balaban J connectivity index is 2.08. The van der Waals surface area contributed by atoms with Crippen LogP contribution in [0.1, 0.15) is 18.1 Å². The third-order valence-electron chi connectivity index (χ3n) is 3.16. The Hall–Kier alpha value is -2.34. The first-order valence-corrected chi connectivity index (χ1v) is 6.47. The molecule has 0 aliphatic rings. The fourth-order valence-corrected chi connectivity index (χ4v) is 2.01. The normalized spacial score (nSPS) is 10.5. The molecule has 3 N–H and O–H groups in total. The number of aromatic nitrogens is 2. The van der Waals surface area contributed by atoms with Crippen LogP contribution in [0.5, 0.6) is 0 Å². The Morgan fingerprint density at radius 1 is 1.15 bits per heavy atom. The zero-order chi connectivity index (χ0) is 14.5. The van der Waals surface area contributed by atoms with Gasteiger partial charge in [-0.3, -0.25) is 19.4 Å². The van der Waals surface area contributed by atoms with Crippen LogP contribution in [0.2, 0.25) is 0 Å². The minimum absolute atomic E-state index is 0.0147. The molecule has 1 heterocycles. The Kier molecular flexibility index (Phi) is 4.37. The van der Waals surface area contributed by atoms with Crippen LogP contribution in [0.3, 0.4) is 0 Å². The van der Waals surface area contributed by atoms with E-state index in [0.717, 1.165) is 11.1 Å². The van der Waals surface area contributed by atoms with E-state index in [0.29, 0.717) is 13.1 Å². The highest BCUT2D eigenvalue weighted by Gasteiger charge is 2.04. The van der Waals surface area contributed by atoms with Gasteiger partial charge in [-0.1, -0.05) is 24.3 Å². The second-order valence-corrected chi connectivity index (χ2v) is 4.56. The number of nitrogens with zero attached hydrogens (tertiary/aromatic N) is 2. The fraction of sp³-hybridized carbons (Fsp3) is 0.286. The molecule has 0 saturated heterocycles. The maximum absolute atomic E-state index is 11.9. The number of hydrazine groups is 1. The predicted octanol–water partition coefficient (Wildman–Crippen LogP) is 0.250. The van der Waals surface area contributed by atoms with E-state index in [2.05, 4.69) is 5.43 Å². The summed E-state index contributed by atoms with van der Waals surface area (Å²) in [5.41, 5.74) is 3.98. The Morgan fingerprint density at radius 2 is 1.75 bits per heavy atom. The number of amides is 1. The molecule has 0 aliphatic heterocycles. The van der Waals surface area contributed by atoms with Gasteiger partial charge < -0.3 is 0 Å². The molecule has 0 saturated carbocycles. The minimum atomic E-state index is -0.228. The molecule has 2 rings (SSSR count). The van der Waals surface area contributed by atoms with Gasteiger partial charge in [-0.05, 0) is 18.1 Å². The smallest absolute Gasteiger partial charge is 0.300 e. The molecule has 20 heavy (non-hydrogen) atoms. The van der Waals surface area contributed by atoms with Crippen LogP contribution in [0.4, 0.5) is 0 Å². The van der Waals surface area contributed by atoms with Crippen molar-refractivity contribution in [1.82, 2.24) is 14.6 Å². The summed E-state index contributed by atoms with van der Waals surface area (Å²) in [4.78, 5) is 23.1. The van der Waals surface area contributed by atoms with Crippen molar-refractivity contribution in [3.8, 4) is 0 Å². The van der Waals surface area contributed by atoms with Crippen molar-refractivity contribution in [3.05, 3.63) is 58.3 Å². The molecule has 0 aliphatic carbocycles. The first-order chi connectivity index (χ1) is 9.63. The van der Waals surface area contributed by atoms with Gasteiger partial charge in [0.25, 0.3) is 0 Å². The van der Waals surface area contributed by atoms with Gasteiger partial charge >= 0.3 is 5.69 Å². The number of carbonyl (C=O) groups excluding carboxylic acids is 1. The Bertz CT molecular complexity index is 640. The second kappa shape index (κ2) is 6.21. The average Bonchev–Trinajstić information content (AvgIpc) is 2.81. The van der Waals surface area contributed by atoms with Crippen molar-refractivity contribution in [1.29, 1.82) is 0 Å². The van der Waals surface area contributed by atoms with Gasteiger partial charge in [0.1, 0.15) is 0 Å². The molecule has 6 nitrogen and oxygen atoms in total. The van der Waals surface area contributed by atoms with Crippen molar-refractivity contribution in [2.24, 2.45) is 5.84 Å². The fourth-order valence-electron chi connectivity index (χ4n) is 2.01. The van der Waals surface area contributed by atoms with Crippen molar-refractivity contribution in [2.75, 3.05) is 0 Å². The molecule has 6 heteroatoms. The number of carbonyl (C=O) groups is 1. The molecular formula is C14H18N4O2. The molecule has 2 aromatic rings. The summed E-state index contributed by atoms with van der Waals surface area (Å²) in [6.45, 7) is 3.12. The number of imidazole rings is 1. The van der Waals surface area contributed by atoms with E-state index in [-0.39, 0.29) is 18.0 Å². The van der Waals surface area contributed by atoms with Gasteiger partial charge in [0.05, 0.1) is 13.0 Å². The van der Waals surface area contributed by atoms with Gasteiger partial charge in [-0.15, -0.1) is 0 Å². The molecule has 0 unspecified atom stereocenters. The van der Waals surface area contributed by atoms with Gasteiger partial charge in [0.2, 0.25) is 5.91 Å². The summed E-state index contributed by atoms with van der Waals surface area (Å²) in [7, 11) is 0. The molecule has 0 fully saturated rings. The van der Waals surface area contributed by atoms with E-state index in [9.17, 15) is 9.59 Å². The SMILES string of the molecule is CCn1ccn(Cc2ccc(CC(=O)NN)cc2)c1=O. The molecule has 1 aromatic carbocycles. The monoisotopic (exact) mass is 274 g/mol. The van der Waals surface area contributed by atoms with Crippen LogP contribution >= 0.6 is 0 Å². The van der Waals surface area contributed by atoms with E-state index < -0.39 is 0 Å². The molecule has 0 spiro atoms. The maximum Gasteiger partial charge on any atom is 0.328 e. The Morgan fingerprint density at radius 3 is 2.30 bits per heavy atom. The molecule has 0 radical (unpaired) electrons. The summed E-state index contributed by atoms with van der Waals surface area (Å²) in [5, 5.41) is 0. The standard InChI is InChI=1S/C14H18N4O2/c1-2-17-7-8-18(14(17)20)10-12-5-3-11(4-6-12)9-13(19)16-15/h3-8H,2,9-10,15H2,1H3,(H,16,19). The first-order valence-electron chi connectivity index (χ1n) is 6.47. The van der Waals surface area contributed by atoms with Gasteiger partial charge in [0, 0.05) is 18.9 Å². The number of hydrogen-bond acceptors (Lipinski definition) is 3. The van der Waals surface area contributed by atoms with Crippen molar-refractivity contribution in [2.45, 2.75) is 26.4 Å². The van der Waals surface area contributed by atoms with Crippen LogP contribution in [-0.4, -0.2) is 15.0 Å². The molecule has 0 atom stereocenters. The highest BCUT2D eigenvalue weighted by atomic mass is 16.2. The molecular weight excluding hydrogens is 256 g/mol. The van der Waals surface area contributed by atoms with Gasteiger partial charge in [0.15, 0.2) is 0 Å². The molecule has 106 valence electrons. The number of hydrogen-bond donors (Lipinski definition) is 2. The van der Waals surface area contributed by atoms with Crippen LogP contribution in [-0.2, 0) is 24.3 Å². The predicted molar refractivity (Wildman–Crippen MR) is 75.9 cm³/mol. The average molecular weight is 274 g/mol. The largest absolute Gasteiger partial charge is 0.328 e. The van der Waals surface area contributed by atoms with Gasteiger partial charge in [-0.2, -0.15) is 0 Å². The lowest BCUT2D eigenvalue weighted by Gasteiger charge is -2.04. The lowest BCUT2D eigenvalue weighted by Crippen LogP contribution is -2.31. The van der Waals surface area contributed by atoms with E-state index in [1.807, 2.05) is 31.2 Å². The maximum atomic E-state index is 11.9. The van der Waals surface area contributed by atoms with Crippen LogP contribution in [0.25, 0.3) is 0 Å². The lowest BCUT2D eigenvalue weighted by molar-refractivity contribution is -0.120. The highest BCUT2D eigenvalue weighted by molar-refractivity contribution is 5.77. The molecule has 0 bridgehead atoms. The zero-order valence-corrected chi connectivity index (χ0v) is 11.4. The number of nitrogens with two attached hydrogens (primary N) is 1. The number of nitrogens with one attached hydrogen (secondary N) is 1. The summed E-state index contributed by atoms with van der Waals surface area (Å²) >= 11 is 0. The van der Waals surface area contributed by atoms with Crippen LogP contribution in [0.15, 0.2) is 41.5 Å². The third-order valence-corrected chi connectivity index (χ3v) is 3.16. The third kappa shape index (κ3) is 3.16. The molecule has 1 aromatic heterocycles. The zero-order valence-electron chi connectivity index (χ0n) is 11.4. The second-order valence-electron chi connectivity index (χ2n) is 4.56. The highest BCUT2D eigenvalue weighted by Crippen LogP contribution is 2.06. The van der Waals surface area contributed by atoms with E-state index in [4.69, 9.17) is 5.84 Å². The summed E-state index contributed by atoms with van der Waals surface area (Å²) < 4.78 is 3.31. The minimum Gasteiger partial charge on any atom is -0.300 e. The number of benzene rings is 1. The van der Waals surface area contributed by atoms with E-state index in [1.54, 1.807) is 21.5 Å². The molecule has 1 amide bonds. The Labute approximate surface area is 116 Å². The van der Waals surface area contributed by atoms with Crippen LogP contribution in [0, 0.1) is 0 Å². The van der Waals surface area contributed by atoms with E-state index in [1.165, 1.54) is 0 Å². The van der Waals surface area contributed by atoms with Crippen LogP contribution < -0.4 is 17.0 Å². The van der Waals surface area contributed by atoms with Crippen molar-refractivity contribution >= 4 is 5.91 Å². The summed E-state index contributed by atoms with van der Waals surface area (Å²) in [5.74, 6) is 4.82. The van der Waals surface area contributed by atoms with E-state index >= 15 is 0 Å². The number of rotatable bonds is 5. The topological polar surface area (TPSA) is 82.1 Å². The lowest BCUT2D eigenvalue weighted by atomic mass is 10.1. The first kappa shape index (κ1) is 14.1. The van der Waals surface area contributed by atoms with Gasteiger partial charge in [-0.25, -0.2) is 10.6 Å². The summed E-state index contributed by atoms with van der Waals surface area (Å²) in [6, 6.07) is 7.56. The summed E-state index contributed by atoms with van der Waals surface area (Å²) in [6.07, 6.45) is 3.81. The quantitative estimate of drug-likeness (QED) is 0.466. The van der Waals surface area contributed by atoms with Crippen molar-refractivity contribution < 1.29 is 4.79 Å². The van der Waals surface area contributed by atoms with Crippen molar-refractivity contribution in [3.63, 3.8) is 0 Å². The number of aryl methyl sites for hydroxylation is 1.